The van der Waals surface area contributed by atoms with Crippen molar-refractivity contribution in [2.45, 2.75) is 6.42 Å². The van der Waals surface area contributed by atoms with Gasteiger partial charge >= 0.3 is 0 Å². The van der Waals surface area contributed by atoms with Gasteiger partial charge in [0.25, 0.3) is 0 Å². The zero-order valence-electron chi connectivity index (χ0n) is 10.4. The van der Waals surface area contributed by atoms with Crippen molar-refractivity contribution in [1.29, 1.82) is 0 Å². The van der Waals surface area contributed by atoms with Crippen LogP contribution in [-0.4, -0.2) is 37.6 Å². The Bertz CT molecular complexity index is 303. The first-order valence-electron chi connectivity index (χ1n) is 6.21. The van der Waals surface area contributed by atoms with Crippen LogP contribution < -0.4 is 11.5 Å². The Kier molecular flexibility index (Phi) is 7.30. The quantitative estimate of drug-likeness (QED) is 0.712. The molecule has 0 unspecified atom stereocenters. The van der Waals surface area contributed by atoms with Crippen LogP contribution in [0.1, 0.15) is 12.0 Å². The van der Waals surface area contributed by atoms with Gasteiger partial charge in [-0.3, -0.25) is 0 Å². The van der Waals surface area contributed by atoms with E-state index in [0.717, 1.165) is 26.1 Å². The summed E-state index contributed by atoms with van der Waals surface area (Å²) in [6, 6.07) is 10.3. The molecule has 0 aliphatic carbocycles. The van der Waals surface area contributed by atoms with E-state index in [-0.39, 0.29) is 0 Å². The number of rotatable bonds is 8. The molecule has 0 spiro atoms. The van der Waals surface area contributed by atoms with Crippen molar-refractivity contribution < 1.29 is 0 Å². The van der Waals surface area contributed by atoms with Gasteiger partial charge in [-0.05, 0) is 12.0 Å². The highest BCUT2D eigenvalue weighted by Gasteiger charge is 1.99. The van der Waals surface area contributed by atoms with Crippen LogP contribution in [0, 0.1) is 0 Å². The Hall–Kier alpha value is -1.16. The summed E-state index contributed by atoms with van der Waals surface area (Å²) in [4.78, 5) is 2.30. The van der Waals surface area contributed by atoms with E-state index in [9.17, 15) is 0 Å². The minimum Gasteiger partial charge on any atom is -0.329 e. The van der Waals surface area contributed by atoms with Crippen molar-refractivity contribution in [3.8, 4) is 0 Å². The smallest absolute Gasteiger partial charge is 0.0105 e. The van der Waals surface area contributed by atoms with Gasteiger partial charge in [0.2, 0.25) is 0 Å². The minimum atomic E-state index is 0.697. The highest BCUT2D eigenvalue weighted by Crippen LogP contribution is 2.02. The lowest BCUT2D eigenvalue weighted by molar-refractivity contribution is 0.294. The van der Waals surface area contributed by atoms with Crippen molar-refractivity contribution in [2.24, 2.45) is 11.5 Å². The van der Waals surface area contributed by atoms with E-state index in [0.29, 0.717) is 13.1 Å². The fraction of sp³-hybridized carbons (Fsp3) is 0.429. The monoisotopic (exact) mass is 233 g/mol. The van der Waals surface area contributed by atoms with Gasteiger partial charge in [-0.2, -0.15) is 0 Å². The van der Waals surface area contributed by atoms with Crippen LogP contribution in [0.5, 0.6) is 0 Å². The molecule has 0 aliphatic rings. The lowest BCUT2D eigenvalue weighted by Crippen LogP contribution is -2.34. The van der Waals surface area contributed by atoms with Crippen LogP contribution in [0.3, 0.4) is 0 Å². The van der Waals surface area contributed by atoms with Crippen LogP contribution in [-0.2, 0) is 0 Å². The molecule has 0 amide bonds. The number of nitrogens with two attached hydrogens (primary N) is 2. The summed E-state index contributed by atoms with van der Waals surface area (Å²) in [5, 5.41) is 0. The second-order valence-corrected chi connectivity index (χ2v) is 4.02. The molecule has 1 rings (SSSR count). The molecule has 3 nitrogen and oxygen atoms in total. The molecule has 0 atom stereocenters. The molecule has 3 heteroatoms. The van der Waals surface area contributed by atoms with Gasteiger partial charge in [-0.25, -0.2) is 0 Å². The van der Waals surface area contributed by atoms with E-state index < -0.39 is 0 Å². The first-order chi connectivity index (χ1) is 8.36. The van der Waals surface area contributed by atoms with Crippen LogP contribution in [0.4, 0.5) is 0 Å². The molecule has 0 saturated carbocycles. The van der Waals surface area contributed by atoms with Gasteiger partial charge in [0.05, 0.1) is 0 Å². The van der Waals surface area contributed by atoms with Crippen LogP contribution >= 0.6 is 0 Å². The van der Waals surface area contributed by atoms with E-state index >= 15 is 0 Å². The average molecular weight is 233 g/mol. The molecule has 0 bridgehead atoms. The van der Waals surface area contributed by atoms with E-state index in [1.807, 2.05) is 6.07 Å². The molecule has 1 aromatic rings. The third-order valence-corrected chi connectivity index (χ3v) is 2.61. The Morgan fingerprint density at radius 1 is 0.941 bits per heavy atom. The molecule has 17 heavy (non-hydrogen) atoms. The van der Waals surface area contributed by atoms with Gasteiger partial charge in [-0.1, -0.05) is 42.5 Å². The highest BCUT2D eigenvalue weighted by molar-refractivity contribution is 5.48. The Balaban J connectivity index is 2.28. The zero-order chi connectivity index (χ0) is 12.3. The van der Waals surface area contributed by atoms with E-state index in [1.54, 1.807) is 0 Å². The van der Waals surface area contributed by atoms with Gasteiger partial charge in [0, 0.05) is 32.7 Å². The number of hydrogen-bond donors (Lipinski definition) is 2. The second kappa shape index (κ2) is 8.93. The van der Waals surface area contributed by atoms with Crippen LogP contribution in [0.2, 0.25) is 0 Å². The van der Waals surface area contributed by atoms with Gasteiger partial charge in [-0.15, -0.1) is 0 Å². The minimum absolute atomic E-state index is 0.697. The summed E-state index contributed by atoms with van der Waals surface area (Å²) < 4.78 is 0. The first-order valence-corrected chi connectivity index (χ1v) is 6.21. The van der Waals surface area contributed by atoms with E-state index in [4.69, 9.17) is 11.5 Å². The maximum absolute atomic E-state index is 5.55. The molecular weight excluding hydrogens is 210 g/mol. The molecule has 0 heterocycles. The topological polar surface area (TPSA) is 55.3 Å². The van der Waals surface area contributed by atoms with Gasteiger partial charge in [0.1, 0.15) is 0 Å². The third-order valence-electron chi connectivity index (χ3n) is 2.61. The van der Waals surface area contributed by atoms with Crippen molar-refractivity contribution >= 4 is 6.08 Å². The summed E-state index contributed by atoms with van der Waals surface area (Å²) in [6.45, 7) is 4.27. The molecule has 1 aromatic carbocycles. The molecule has 0 fully saturated rings. The molecule has 0 aliphatic heterocycles. The largest absolute Gasteiger partial charge is 0.329 e. The van der Waals surface area contributed by atoms with Crippen LogP contribution in [0.15, 0.2) is 36.4 Å². The molecule has 0 radical (unpaired) electrons. The number of nitrogens with zero attached hydrogens (tertiary/aromatic N) is 1. The molecule has 0 saturated heterocycles. The highest BCUT2D eigenvalue weighted by atomic mass is 15.1. The molecule has 0 aromatic heterocycles. The fourth-order valence-corrected chi connectivity index (χ4v) is 1.74. The Morgan fingerprint density at radius 3 is 2.18 bits per heavy atom. The van der Waals surface area contributed by atoms with E-state index in [2.05, 4.69) is 41.3 Å². The van der Waals surface area contributed by atoms with Crippen molar-refractivity contribution in [3.63, 3.8) is 0 Å². The van der Waals surface area contributed by atoms with Crippen molar-refractivity contribution in [1.82, 2.24) is 4.90 Å². The summed E-state index contributed by atoms with van der Waals surface area (Å²) >= 11 is 0. The molecule has 94 valence electrons. The van der Waals surface area contributed by atoms with Gasteiger partial charge in [0.15, 0.2) is 0 Å². The summed E-state index contributed by atoms with van der Waals surface area (Å²) in [6.07, 6.45) is 5.40. The second-order valence-electron chi connectivity index (χ2n) is 4.02. The summed E-state index contributed by atoms with van der Waals surface area (Å²) in [5.74, 6) is 0. The normalized spacial score (nSPS) is 11.5. The fourth-order valence-electron chi connectivity index (χ4n) is 1.74. The predicted molar refractivity (Wildman–Crippen MR) is 74.6 cm³/mol. The third kappa shape index (κ3) is 6.22. The lowest BCUT2D eigenvalue weighted by atomic mass is 10.2. The zero-order valence-corrected chi connectivity index (χ0v) is 10.4. The predicted octanol–water partition coefficient (Wildman–Crippen LogP) is 1.31. The Labute approximate surface area is 104 Å². The first kappa shape index (κ1) is 13.9. The molecular formula is C14H23N3. The SMILES string of the molecule is NCCN(CCN)CCC=Cc1ccccc1. The average Bonchev–Trinajstić information content (AvgIpc) is 2.36. The summed E-state index contributed by atoms with van der Waals surface area (Å²) in [5.41, 5.74) is 12.4. The van der Waals surface area contributed by atoms with Crippen molar-refractivity contribution in [2.75, 3.05) is 32.7 Å². The Morgan fingerprint density at radius 2 is 1.59 bits per heavy atom. The summed E-state index contributed by atoms with van der Waals surface area (Å²) in [7, 11) is 0. The van der Waals surface area contributed by atoms with Crippen molar-refractivity contribution in [3.05, 3.63) is 42.0 Å². The standard InChI is InChI=1S/C14H23N3/c15-9-12-17(13-10-16)11-5-4-8-14-6-2-1-3-7-14/h1-4,6-8H,5,9-13,15-16H2. The van der Waals surface area contributed by atoms with E-state index in [1.165, 1.54) is 5.56 Å². The molecule has 4 N–H and O–H groups in total. The lowest BCUT2D eigenvalue weighted by Gasteiger charge is -2.19. The van der Waals surface area contributed by atoms with Gasteiger partial charge < -0.3 is 16.4 Å². The number of hydrogen-bond acceptors (Lipinski definition) is 3. The maximum atomic E-state index is 5.55. The maximum Gasteiger partial charge on any atom is 0.0105 e. The van der Waals surface area contributed by atoms with Crippen LogP contribution in [0.25, 0.3) is 6.08 Å². The number of benzene rings is 1.